The van der Waals surface area contributed by atoms with Crippen LogP contribution in [0.2, 0.25) is 0 Å². The van der Waals surface area contributed by atoms with Gasteiger partial charge in [0.2, 0.25) is 5.91 Å². The Kier molecular flexibility index (Phi) is 26.6. The molecule has 2 rings (SSSR count). The Labute approximate surface area is 320 Å². The quantitative estimate of drug-likeness (QED) is 0.0552. The van der Waals surface area contributed by atoms with E-state index in [0.29, 0.717) is 105 Å². The Balaban J connectivity index is 1.31. The lowest BCUT2D eigenvalue weighted by atomic mass is 10.1. The number of nitrogens with one attached hydrogen (secondary N) is 4. The number of hydrogen-bond acceptors (Lipinski definition) is 14. The zero-order valence-electron chi connectivity index (χ0n) is 32.1. The third-order valence-corrected chi connectivity index (χ3v) is 7.77. The Hall–Kier alpha value is -3.50. The average Bonchev–Trinajstić information content (AvgIpc) is 3.47. The van der Waals surface area contributed by atoms with Crippen LogP contribution >= 0.6 is 0 Å². The van der Waals surface area contributed by atoms with E-state index >= 15 is 4.39 Å². The Bertz CT molecular complexity index is 1300. The number of hydrogen-bond donors (Lipinski definition) is 4. The second kappa shape index (κ2) is 30.7. The van der Waals surface area contributed by atoms with Crippen molar-refractivity contribution in [1.82, 2.24) is 25.5 Å². The molecule has 4 N–H and O–H groups in total. The van der Waals surface area contributed by atoms with Crippen molar-refractivity contribution in [2.45, 2.75) is 70.6 Å². The molecule has 0 aromatic carbocycles. The van der Waals surface area contributed by atoms with E-state index in [1.807, 2.05) is 4.98 Å². The van der Waals surface area contributed by atoms with E-state index in [1.165, 1.54) is 0 Å². The number of rotatable bonds is 33. The largest absolute Gasteiger partial charge is 0.456 e. The van der Waals surface area contributed by atoms with Gasteiger partial charge >= 0.3 is 17.7 Å². The molecule has 0 spiro atoms. The lowest BCUT2D eigenvalue weighted by molar-refractivity contribution is -0.154. The highest BCUT2D eigenvalue weighted by Crippen LogP contribution is 2.34. The molecule has 4 atom stereocenters. The normalized spacial score (nSPS) is 17.9. The van der Waals surface area contributed by atoms with E-state index < -0.39 is 47.7 Å². The van der Waals surface area contributed by atoms with Gasteiger partial charge in [0.25, 0.3) is 5.56 Å². The van der Waals surface area contributed by atoms with Gasteiger partial charge in [0.05, 0.1) is 98.9 Å². The van der Waals surface area contributed by atoms with E-state index in [4.69, 9.17) is 42.6 Å². The molecule has 19 nitrogen and oxygen atoms in total. The highest BCUT2D eigenvalue weighted by molar-refractivity contribution is 5.81. The molecular formula is C35H60FN5O14. The Morgan fingerprint density at radius 1 is 0.727 bits per heavy atom. The van der Waals surface area contributed by atoms with Gasteiger partial charge in [-0.3, -0.25) is 23.9 Å². The fourth-order valence-electron chi connectivity index (χ4n) is 4.89. The van der Waals surface area contributed by atoms with Crippen molar-refractivity contribution >= 4 is 17.9 Å². The second-order valence-electron chi connectivity index (χ2n) is 12.1. The van der Waals surface area contributed by atoms with Crippen LogP contribution in [-0.2, 0) is 52.2 Å². The molecule has 1 aromatic heterocycles. The number of aromatic amines is 1. The molecule has 0 radical (unpaired) electrons. The first-order chi connectivity index (χ1) is 26.8. The molecule has 0 bridgehead atoms. The van der Waals surface area contributed by atoms with E-state index in [2.05, 4.69) is 22.9 Å². The highest BCUT2D eigenvalue weighted by atomic mass is 19.1. The summed E-state index contributed by atoms with van der Waals surface area (Å²) >= 11 is 0. The van der Waals surface area contributed by atoms with E-state index in [1.54, 1.807) is 6.92 Å². The molecular weight excluding hydrogens is 733 g/mol. The summed E-state index contributed by atoms with van der Waals surface area (Å²) in [5.74, 6) is -1.18. The first-order valence-corrected chi connectivity index (χ1v) is 18.9. The van der Waals surface area contributed by atoms with Crippen LogP contribution in [-0.4, -0.2) is 158 Å². The molecule has 55 heavy (non-hydrogen) atoms. The topological polar surface area (TPSA) is 225 Å². The van der Waals surface area contributed by atoms with Gasteiger partial charge in [-0.1, -0.05) is 20.3 Å². The fraction of sp³-hybridized carbons (Fsp3) is 0.800. The number of carbonyl (C=O) groups is 3. The number of ether oxygens (including phenoxy) is 9. The third kappa shape index (κ3) is 22.0. The Morgan fingerprint density at radius 3 is 1.71 bits per heavy atom. The lowest BCUT2D eigenvalue weighted by Crippen LogP contribution is -2.37. The zero-order valence-corrected chi connectivity index (χ0v) is 32.1. The van der Waals surface area contributed by atoms with Gasteiger partial charge in [0.1, 0.15) is 6.10 Å². The number of carbonyl (C=O) groups excluding carboxylic acids is 3. The van der Waals surface area contributed by atoms with Gasteiger partial charge in [0.15, 0.2) is 18.5 Å². The number of esters is 1. The van der Waals surface area contributed by atoms with Gasteiger partial charge in [-0.25, -0.2) is 14.0 Å². The third-order valence-electron chi connectivity index (χ3n) is 7.77. The van der Waals surface area contributed by atoms with Crippen molar-refractivity contribution < 1.29 is 61.4 Å². The summed E-state index contributed by atoms with van der Waals surface area (Å²) in [6.45, 7) is 10.8. The van der Waals surface area contributed by atoms with Crippen LogP contribution < -0.4 is 27.2 Å². The first kappa shape index (κ1) is 47.7. The molecule has 1 aliphatic rings. The molecule has 0 saturated carbocycles. The van der Waals surface area contributed by atoms with Gasteiger partial charge < -0.3 is 58.6 Å². The van der Waals surface area contributed by atoms with Crippen molar-refractivity contribution in [1.29, 1.82) is 0 Å². The number of alkyl halides is 1. The predicted octanol–water partition coefficient (Wildman–Crippen LogP) is 0.206. The van der Waals surface area contributed by atoms with Crippen molar-refractivity contribution in [3.63, 3.8) is 0 Å². The maximum Gasteiger partial charge on any atom is 0.330 e. The van der Waals surface area contributed by atoms with E-state index in [9.17, 15) is 24.0 Å². The van der Waals surface area contributed by atoms with Gasteiger partial charge in [-0.15, -0.1) is 0 Å². The van der Waals surface area contributed by atoms with Crippen molar-refractivity contribution in [3.05, 3.63) is 33.1 Å². The number of urea groups is 1. The van der Waals surface area contributed by atoms with Crippen LogP contribution in [0.25, 0.3) is 0 Å². The summed E-state index contributed by atoms with van der Waals surface area (Å²) in [6.07, 6.45) is -2.33. The van der Waals surface area contributed by atoms with Crippen molar-refractivity contribution in [3.8, 4) is 0 Å². The number of nitrogens with zero attached hydrogens (tertiary/aromatic N) is 1. The lowest BCUT2D eigenvalue weighted by Gasteiger charge is -2.18. The maximum atomic E-state index is 15.2. The summed E-state index contributed by atoms with van der Waals surface area (Å²) in [7, 11) is 0. The summed E-state index contributed by atoms with van der Waals surface area (Å²) in [6, 6.07) is 0.882. The van der Waals surface area contributed by atoms with Crippen LogP contribution in [0.3, 0.4) is 0 Å². The molecule has 1 aromatic rings. The number of aromatic nitrogens is 2. The first-order valence-electron chi connectivity index (χ1n) is 18.9. The van der Waals surface area contributed by atoms with Gasteiger partial charge in [-0.2, -0.15) is 0 Å². The second-order valence-corrected chi connectivity index (χ2v) is 12.1. The smallest absolute Gasteiger partial charge is 0.330 e. The molecule has 1 saturated heterocycles. The SMILES string of the molecule is CCCCNC(=O)NCCOCCOCCOCCOCCOCCOCCOCCNC(=O)CCC(=O)O[C@@H]1C(F)[C@H](n2ccc(=O)[nH]c2=O)O[C@@H]1CC. The molecule has 1 fully saturated rings. The fourth-order valence-corrected chi connectivity index (χ4v) is 4.89. The van der Waals surface area contributed by atoms with E-state index in [-0.39, 0.29) is 32.0 Å². The number of H-pyrrole nitrogens is 1. The summed E-state index contributed by atoms with van der Waals surface area (Å²) < 4.78 is 65.0. The Morgan fingerprint density at radius 2 is 1.22 bits per heavy atom. The van der Waals surface area contributed by atoms with Crippen LogP contribution in [0.1, 0.15) is 52.2 Å². The van der Waals surface area contributed by atoms with E-state index in [0.717, 1.165) is 29.7 Å². The number of amides is 3. The van der Waals surface area contributed by atoms with Crippen molar-refractivity contribution in [2.24, 2.45) is 0 Å². The molecule has 3 amide bonds. The van der Waals surface area contributed by atoms with Gasteiger partial charge in [-0.05, 0) is 12.8 Å². The predicted molar refractivity (Wildman–Crippen MR) is 195 cm³/mol. The monoisotopic (exact) mass is 793 g/mol. The van der Waals surface area contributed by atoms with Crippen LogP contribution in [0.5, 0.6) is 0 Å². The minimum absolute atomic E-state index is 0.166. The van der Waals surface area contributed by atoms with Crippen LogP contribution in [0, 0.1) is 0 Å². The molecule has 1 unspecified atom stereocenters. The number of unbranched alkanes of at least 4 members (excludes halogenated alkanes) is 1. The molecule has 20 heteroatoms. The minimum Gasteiger partial charge on any atom is -0.456 e. The average molecular weight is 794 g/mol. The molecule has 1 aliphatic heterocycles. The van der Waals surface area contributed by atoms with Crippen molar-refractivity contribution in [2.75, 3.05) is 112 Å². The highest BCUT2D eigenvalue weighted by Gasteiger charge is 2.48. The van der Waals surface area contributed by atoms with Gasteiger partial charge in [0, 0.05) is 38.3 Å². The molecule has 316 valence electrons. The molecule has 0 aliphatic carbocycles. The molecule has 2 heterocycles. The number of halogens is 1. The zero-order chi connectivity index (χ0) is 39.9. The minimum atomic E-state index is -1.86. The summed E-state index contributed by atoms with van der Waals surface area (Å²) in [4.78, 5) is 61.4. The van der Waals surface area contributed by atoms with Crippen LogP contribution in [0.15, 0.2) is 21.9 Å². The maximum absolute atomic E-state index is 15.2. The summed E-state index contributed by atoms with van der Waals surface area (Å²) in [5.41, 5.74) is -1.48. The standard InChI is InChI=1S/C35H60FN5O14/c1-3-5-9-38-34(45)39-11-14-48-16-18-50-20-22-52-24-26-53-25-23-51-21-19-49-17-15-47-13-10-37-28(42)6-7-30(44)55-32-27(4-2)54-33(31(32)36)41-12-8-29(43)40-35(41)46/h8,12,27,31-33H,3-7,9-11,13-26H2,1-2H3,(H,37,42)(H2,38,39,45)(H,40,43,46)/t27-,31?,32+,33-/m1/s1. The van der Waals surface area contributed by atoms with Crippen LogP contribution in [0.4, 0.5) is 9.18 Å². The summed E-state index contributed by atoms with van der Waals surface area (Å²) in [5, 5.41) is 8.13.